The minimum absolute atomic E-state index is 0.0938. The third-order valence-corrected chi connectivity index (χ3v) is 7.52. The quantitative estimate of drug-likeness (QED) is 0.682. The van der Waals surface area contributed by atoms with Crippen molar-refractivity contribution >= 4 is 15.9 Å². The van der Waals surface area contributed by atoms with Crippen molar-refractivity contribution < 1.29 is 22.3 Å². The van der Waals surface area contributed by atoms with Crippen LogP contribution in [0.15, 0.2) is 34.7 Å². The van der Waals surface area contributed by atoms with E-state index in [1.165, 1.54) is 35.9 Å². The first-order valence-electron chi connectivity index (χ1n) is 10.2. The zero-order valence-electron chi connectivity index (χ0n) is 16.8. The molecule has 1 fully saturated rings. The molecule has 1 N–H and O–H groups in total. The summed E-state index contributed by atoms with van der Waals surface area (Å²) in [7, 11) is -2.60. The van der Waals surface area contributed by atoms with Crippen LogP contribution >= 0.6 is 0 Å². The zero-order valence-corrected chi connectivity index (χ0v) is 17.6. The Kier molecular flexibility index (Phi) is 7.29. The van der Waals surface area contributed by atoms with Crippen LogP contribution in [0.5, 0.6) is 5.75 Å². The van der Waals surface area contributed by atoms with Crippen LogP contribution in [0.1, 0.15) is 44.9 Å². The summed E-state index contributed by atoms with van der Waals surface area (Å²) in [5, 5.41) is 2.96. The Morgan fingerprint density at radius 2 is 2.14 bits per heavy atom. The van der Waals surface area contributed by atoms with Crippen molar-refractivity contribution in [1.29, 1.82) is 0 Å². The summed E-state index contributed by atoms with van der Waals surface area (Å²) in [6.45, 7) is 0.973. The lowest BCUT2D eigenvalue weighted by atomic mass is 9.96. The maximum atomic E-state index is 13.7. The van der Waals surface area contributed by atoms with E-state index in [1.807, 2.05) is 0 Å². The second kappa shape index (κ2) is 9.71. The average molecular weight is 425 g/mol. The van der Waals surface area contributed by atoms with Gasteiger partial charge in [0.25, 0.3) is 0 Å². The number of allylic oxidation sites excluding steroid dienone is 1. The number of amides is 1. The Hall–Kier alpha value is -1.93. The molecule has 6 nitrogen and oxygen atoms in total. The molecule has 1 aliphatic heterocycles. The van der Waals surface area contributed by atoms with E-state index in [9.17, 15) is 17.6 Å². The molecule has 2 aliphatic rings. The van der Waals surface area contributed by atoms with E-state index < -0.39 is 21.8 Å². The van der Waals surface area contributed by atoms with Crippen molar-refractivity contribution in [3.8, 4) is 5.75 Å². The fourth-order valence-corrected chi connectivity index (χ4v) is 5.68. The number of nitrogens with one attached hydrogen (secondary N) is 1. The molecule has 0 unspecified atom stereocenters. The number of piperidine rings is 1. The summed E-state index contributed by atoms with van der Waals surface area (Å²) < 4.78 is 46.1. The lowest BCUT2D eigenvalue weighted by Gasteiger charge is -2.31. The Morgan fingerprint density at radius 3 is 2.86 bits per heavy atom. The largest absolute Gasteiger partial charge is 0.495 e. The predicted molar refractivity (Wildman–Crippen MR) is 109 cm³/mol. The van der Waals surface area contributed by atoms with Crippen molar-refractivity contribution in [2.45, 2.75) is 49.8 Å². The Morgan fingerprint density at radius 1 is 1.31 bits per heavy atom. The van der Waals surface area contributed by atoms with Crippen molar-refractivity contribution in [3.05, 3.63) is 35.7 Å². The summed E-state index contributed by atoms with van der Waals surface area (Å²) in [5.41, 5.74) is 1.39. The number of ether oxygens (including phenoxy) is 1. The van der Waals surface area contributed by atoms with Gasteiger partial charge < -0.3 is 10.1 Å². The molecule has 1 heterocycles. The number of hydrogen-bond donors (Lipinski definition) is 1. The third-order valence-electron chi connectivity index (χ3n) is 5.63. The first kappa shape index (κ1) is 21.8. The van der Waals surface area contributed by atoms with E-state index in [2.05, 4.69) is 11.4 Å². The highest BCUT2D eigenvalue weighted by Gasteiger charge is 2.35. The van der Waals surface area contributed by atoms with E-state index in [0.29, 0.717) is 25.9 Å². The number of halogens is 1. The highest BCUT2D eigenvalue weighted by atomic mass is 32.2. The van der Waals surface area contributed by atoms with E-state index in [0.717, 1.165) is 31.4 Å². The molecule has 1 amide bonds. The zero-order chi connectivity index (χ0) is 20.9. The number of carbonyl (C=O) groups excluding carboxylic acids is 1. The second-order valence-corrected chi connectivity index (χ2v) is 9.55. The number of nitrogens with zero attached hydrogens (tertiary/aromatic N) is 1. The van der Waals surface area contributed by atoms with Gasteiger partial charge in [0.1, 0.15) is 16.5 Å². The maximum absolute atomic E-state index is 13.7. The maximum Gasteiger partial charge on any atom is 0.246 e. The highest BCUT2D eigenvalue weighted by Crippen LogP contribution is 2.30. The van der Waals surface area contributed by atoms with Gasteiger partial charge in [-0.3, -0.25) is 4.79 Å². The van der Waals surface area contributed by atoms with E-state index in [-0.39, 0.29) is 23.1 Å². The molecule has 0 bridgehead atoms. The molecule has 29 heavy (non-hydrogen) atoms. The topological polar surface area (TPSA) is 75.7 Å². The molecule has 1 atom stereocenters. The fraction of sp³-hybridized carbons (Fsp3) is 0.571. The minimum Gasteiger partial charge on any atom is -0.495 e. The predicted octanol–water partition coefficient (Wildman–Crippen LogP) is 3.24. The molecule has 160 valence electrons. The summed E-state index contributed by atoms with van der Waals surface area (Å²) in [6, 6.07) is 3.43. The van der Waals surface area contributed by atoms with Crippen molar-refractivity contribution in [2.24, 2.45) is 5.92 Å². The molecule has 1 aromatic rings. The van der Waals surface area contributed by atoms with Gasteiger partial charge in [-0.05, 0) is 63.1 Å². The summed E-state index contributed by atoms with van der Waals surface area (Å²) in [6.07, 6.45) is 8.99. The molecule has 0 radical (unpaired) electrons. The van der Waals surface area contributed by atoms with Gasteiger partial charge in [0, 0.05) is 19.6 Å². The van der Waals surface area contributed by atoms with Gasteiger partial charge in [-0.25, -0.2) is 12.8 Å². The number of benzene rings is 1. The molecule has 1 aliphatic carbocycles. The number of methoxy groups -OCH3 is 1. The van der Waals surface area contributed by atoms with Crippen LogP contribution in [0.4, 0.5) is 4.39 Å². The molecular weight excluding hydrogens is 395 g/mol. The monoisotopic (exact) mass is 424 g/mol. The molecule has 1 saturated heterocycles. The average Bonchev–Trinajstić information content (AvgIpc) is 2.74. The van der Waals surface area contributed by atoms with Crippen LogP contribution in [0.2, 0.25) is 0 Å². The van der Waals surface area contributed by atoms with E-state index in [4.69, 9.17) is 4.74 Å². The lowest BCUT2D eigenvalue weighted by molar-refractivity contribution is -0.126. The SMILES string of the molecule is COc1ccc(F)cc1S(=O)(=O)N1CCC[C@@H](C(=O)NCCC2=CCCCC2)C1. The first-order chi connectivity index (χ1) is 13.9. The summed E-state index contributed by atoms with van der Waals surface area (Å²) in [5.74, 6) is -1.07. The number of hydrogen-bond acceptors (Lipinski definition) is 4. The van der Waals surface area contributed by atoms with Crippen LogP contribution in [0, 0.1) is 11.7 Å². The van der Waals surface area contributed by atoms with Gasteiger partial charge in [-0.1, -0.05) is 11.6 Å². The van der Waals surface area contributed by atoms with Crippen molar-refractivity contribution in [2.75, 3.05) is 26.7 Å². The van der Waals surface area contributed by atoms with Gasteiger partial charge in [-0.2, -0.15) is 4.31 Å². The molecular formula is C21H29FN2O4S. The minimum atomic E-state index is -3.95. The molecule has 3 rings (SSSR count). The van der Waals surface area contributed by atoms with E-state index >= 15 is 0 Å². The van der Waals surface area contributed by atoms with Crippen LogP contribution in [-0.2, 0) is 14.8 Å². The van der Waals surface area contributed by atoms with Gasteiger partial charge in [0.15, 0.2) is 0 Å². The number of rotatable bonds is 7. The summed E-state index contributed by atoms with van der Waals surface area (Å²) in [4.78, 5) is 12.4. The van der Waals surface area contributed by atoms with Crippen LogP contribution < -0.4 is 10.1 Å². The van der Waals surface area contributed by atoms with Crippen molar-refractivity contribution in [3.63, 3.8) is 0 Å². The van der Waals surface area contributed by atoms with Crippen LogP contribution in [-0.4, -0.2) is 45.4 Å². The first-order valence-corrected chi connectivity index (χ1v) is 11.6. The third kappa shape index (κ3) is 5.36. The van der Waals surface area contributed by atoms with Gasteiger partial charge >= 0.3 is 0 Å². The highest BCUT2D eigenvalue weighted by molar-refractivity contribution is 7.89. The summed E-state index contributed by atoms with van der Waals surface area (Å²) >= 11 is 0. The fourth-order valence-electron chi connectivity index (χ4n) is 3.99. The molecule has 0 saturated carbocycles. The molecule has 1 aromatic carbocycles. The lowest BCUT2D eigenvalue weighted by Crippen LogP contribution is -2.45. The standard InChI is InChI=1S/C21H29FN2O4S/c1-28-19-10-9-18(22)14-20(19)29(26,27)24-13-5-8-17(15-24)21(25)23-12-11-16-6-3-2-4-7-16/h6,9-10,14,17H,2-5,7-8,11-13,15H2,1H3,(H,23,25)/t17-/m1/s1. The molecule has 0 aromatic heterocycles. The van der Waals surface area contributed by atoms with Gasteiger partial charge in [-0.15, -0.1) is 0 Å². The van der Waals surface area contributed by atoms with Gasteiger partial charge in [0.05, 0.1) is 13.0 Å². The number of carbonyl (C=O) groups is 1. The Balaban J connectivity index is 1.63. The molecule has 8 heteroatoms. The normalized spacial score (nSPS) is 20.8. The Labute approximate surface area is 172 Å². The van der Waals surface area contributed by atoms with E-state index in [1.54, 1.807) is 0 Å². The van der Waals surface area contributed by atoms with Gasteiger partial charge in [0.2, 0.25) is 15.9 Å². The van der Waals surface area contributed by atoms with Crippen LogP contribution in [0.3, 0.4) is 0 Å². The van der Waals surface area contributed by atoms with Crippen LogP contribution in [0.25, 0.3) is 0 Å². The van der Waals surface area contributed by atoms with Crippen molar-refractivity contribution in [1.82, 2.24) is 9.62 Å². The number of sulfonamides is 1. The molecule has 0 spiro atoms. The second-order valence-electron chi connectivity index (χ2n) is 7.65. The smallest absolute Gasteiger partial charge is 0.246 e. The Bertz CT molecular complexity index is 869.